The first-order chi connectivity index (χ1) is 14.4. The van der Waals surface area contributed by atoms with Gasteiger partial charge in [0.25, 0.3) is 0 Å². The lowest BCUT2D eigenvalue weighted by molar-refractivity contribution is -0.141. The molecule has 8 nitrogen and oxygen atoms in total. The molecule has 154 valence electrons. The van der Waals surface area contributed by atoms with Crippen molar-refractivity contribution < 1.29 is 24.2 Å². The minimum absolute atomic E-state index is 0.0793. The first-order valence-corrected chi connectivity index (χ1v) is 9.54. The number of aromatic amines is 1. The lowest BCUT2D eigenvalue weighted by Crippen LogP contribution is -2.48. The number of fused-ring (bicyclic) bond motifs is 2. The van der Waals surface area contributed by atoms with Crippen LogP contribution in [0.2, 0.25) is 0 Å². The summed E-state index contributed by atoms with van der Waals surface area (Å²) in [5.41, 5.74) is 3.30. The van der Waals surface area contributed by atoms with Gasteiger partial charge in [0.05, 0.1) is 12.2 Å². The molecular formula is C22H21N3O5. The number of hydrogen-bond donors (Lipinski definition) is 3. The van der Waals surface area contributed by atoms with Crippen LogP contribution in [0.25, 0.3) is 10.9 Å². The molecule has 1 atom stereocenters. The first-order valence-electron chi connectivity index (χ1n) is 9.54. The average molecular weight is 407 g/mol. The molecule has 0 radical (unpaired) electrons. The van der Waals surface area contributed by atoms with Crippen LogP contribution in [-0.2, 0) is 20.8 Å². The van der Waals surface area contributed by atoms with Gasteiger partial charge in [0, 0.05) is 23.5 Å². The maximum atomic E-state index is 12.6. The van der Waals surface area contributed by atoms with Gasteiger partial charge in [-0.3, -0.25) is 4.79 Å². The highest BCUT2D eigenvalue weighted by molar-refractivity contribution is 5.91. The Morgan fingerprint density at radius 2 is 2.07 bits per heavy atom. The van der Waals surface area contributed by atoms with Gasteiger partial charge in [-0.15, -0.1) is 0 Å². The Morgan fingerprint density at radius 1 is 1.27 bits per heavy atom. The summed E-state index contributed by atoms with van der Waals surface area (Å²) >= 11 is 0. The smallest absolute Gasteiger partial charge is 0.331 e. The number of carboxylic acids is 1. The zero-order valence-electron chi connectivity index (χ0n) is 16.3. The van der Waals surface area contributed by atoms with Crippen molar-refractivity contribution in [3.63, 3.8) is 0 Å². The van der Waals surface area contributed by atoms with Gasteiger partial charge in [-0.2, -0.15) is 0 Å². The van der Waals surface area contributed by atoms with Gasteiger partial charge < -0.3 is 25.0 Å². The molecule has 1 aromatic heterocycles. The summed E-state index contributed by atoms with van der Waals surface area (Å²) in [5.74, 6) is -1.68. The lowest BCUT2D eigenvalue weighted by Gasteiger charge is -2.30. The third-order valence-corrected chi connectivity index (χ3v) is 5.07. The number of para-hydroxylation sites is 1. The molecule has 3 aromatic rings. The minimum atomic E-state index is -1.12. The number of ether oxygens (including phenoxy) is 1. The molecule has 1 aliphatic heterocycles. The van der Waals surface area contributed by atoms with Crippen molar-refractivity contribution >= 4 is 34.4 Å². The Balaban J connectivity index is 1.49. The Hall–Kier alpha value is -3.81. The SMILES string of the molecule is Cc1ccc2c(c1)N(CC(=O)NC(Cc1c[nH]c3ccccc13)C(=O)O)CC(=O)O2. The number of hydrogen-bond acceptors (Lipinski definition) is 5. The van der Waals surface area contributed by atoms with Crippen LogP contribution in [0.4, 0.5) is 5.69 Å². The van der Waals surface area contributed by atoms with Crippen LogP contribution in [0.15, 0.2) is 48.7 Å². The number of amides is 1. The highest BCUT2D eigenvalue weighted by Gasteiger charge is 2.28. The van der Waals surface area contributed by atoms with E-state index in [0.29, 0.717) is 11.4 Å². The molecule has 1 aliphatic rings. The zero-order valence-corrected chi connectivity index (χ0v) is 16.3. The maximum Gasteiger partial charge on any atom is 0.331 e. The van der Waals surface area contributed by atoms with Crippen LogP contribution in [0.1, 0.15) is 11.1 Å². The molecule has 8 heteroatoms. The second-order valence-corrected chi connectivity index (χ2v) is 7.32. The number of anilines is 1. The maximum absolute atomic E-state index is 12.6. The predicted octanol–water partition coefficient (Wildman–Crippen LogP) is 2.01. The van der Waals surface area contributed by atoms with Crippen LogP contribution in [0.5, 0.6) is 5.75 Å². The molecular weight excluding hydrogens is 386 g/mol. The number of esters is 1. The largest absolute Gasteiger partial charge is 0.480 e. The molecule has 1 amide bonds. The third-order valence-electron chi connectivity index (χ3n) is 5.07. The Kier molecular flexibility index (Phi) is 5.14. The number of H-pyrrole nitrogens is 1. The molecule has 0 spiro atoms. The average Bonchev–Trinajstić information content (AvgIpc) is 3.11. The van der Waals surface area contributed by atoms with Crippen molar-refractivity contribution in [2.24, 2.45) is 0 Å². The van der Waals surface area contributed by atoms with Crippen molar-refractivity contribution in [3.8, 4) is 5.75 Å². The topological polar surface area (TPSA) is 112 Å². The van der Waals surface area contributed by atoms with Crippen LogP contribution in [-0.4, -0.2) is 47.1 Å². The molecule has 3 N–H and O–H groups in total. The molecule has 4 rings (SSSR count). The number of nitrogens with one attached hydrogen (secondary N) is 2. The fourth-order valence-electron chi connectivity index (χ4n) is 3.63. The summed E-state index contributed by atoms with van der Waals surface area (Å²) in [4.78, 5) is 41.0. The van der Waals surface area contributed by atoms with Crippen molar-refractivity contribution in [1.29, 1.82) is 0 Å². The van der Waals surface area contributed by atoms with Gasteiger partial charge in [0.1, 0.15) is 12.6 Å². The molecule has 2 aromatic carbocycles. The fourth-order valence-corrected chi connectivity index (χ4v) is 3.63. The Labute approximate surface area is 172 Å². The molecule has 0 aliphatic carbocycles. The number of benzene rings is 2. The number of aryl methyl sites for hydroxylation is 1. The van der Waals surface area contributed by atoms with Crippen molar-refractivity contribution in [2.75, 3.05) is 18.0 Å². The van der Waals surface area contributed by atoms with E-state index in [1.54, 1.807) is 17.2 Å². The van der Waals surface area contributed by atoms with Crippen LogP contribution >= 0.6 is 0 Å². The highest BCUT2D eigenvalue weighted by Crippen LogP contribution is 2.32. The van der Waals surface area contributed by atoms with E-state index < -0.39 is 23.9 Å². The summed E-state index contributed by atoms with van der Waals surface area (Å²) in [6.07, 6.45) is 1.90. The van der Waals surface area contributed by atoms with Crippen LogP contribution in [0.3, 0.4) is 0 Å². The zero-order chi connectivity index (χ0) is 21.3. The predicted molar refractivity (Wildman–Crippen MR) is 111 cm³/mol. The molecule has 0 saturated carbocycles. The van der Waals surface area contributed by atoms with Gasteiger partial charge in [0.2, 0.25) is 5.91 Å². The van der Waals surface area contributed by atoms with E-state index in [0.717, 1.165) is 22.0 Å². The molecule has 0 bridgehead atoms. The highest BCUT2D eigenvalue weighted by atomic mass is 16.5. The normalized spacial score (nSPS) is 14.2. The third kappa shape index (κ3) is 3.98. The molecule has 0 saturated heterocycles. The number of carbonyl (C=O) groups is 3. The van der Waals surface area contributed by atoms with Gasteiger partial charge >= 0.3 is 11.9 Å². The second kappa shape index (κ2) is 7.90. The van der Waals surface area contributed by atoms with Gasteiger partial charge in [0.15, 0.2) is 5.75 Å². The van der Waals surface area contributed by atoms with E-state index in [1.807, 2.05) is 43.3 Å². The van der Waals surface area contributed by atoms with Gasteiger partial charge in [-0.1, -0.05) is 24.3 Å². The van der Waals surface area contributed by atoms with E-state index in [1.165, 1.54) is 0 Å². The van der Waals surface area contributed by atoms with E-state index in [-0.39, 0.29) is 19.5 Å². The Morgan fingerprint density at radius 3 is 2.87 bits per heavy atom. The van der Waals surface area contributed by atoms with E-state index >= 15 is 0 Å². The number of aliphatic carboxylic acids is 1. The van der Waals surface area contributed by atoms with Crippen molar-refractivity contribution in [1.82, 2.24) is 10.3 Å². The number of nitrogens with zero attached hydrogens (tertiary/aromatic N) is 1. The molecule has 2 heterocycles. The van der Waals surface area contributed by atoms with E-state index in [4.69, 9.17) is 4.74 Å². The van der Waals surface area contributed by atoms with Crippen LogP contribution < -0.4 is 15.0 Å². The van der Waals surface area contributed by atoms with Crippen molar-refractivity contribution in [2.45, 2.75) is 19.4 Å². The molecule has 0 fully saturated rings. The van der Waals surface area contributed by atoms with Gasteiger partial charge in [-0.25, -0.2) is 9.59 Å². The second-order valence-electron chi connectivity index (χ2n) is 7.32. The van der Waals surface area contributed by atoms with Gasteiger partial charge in [-0.05, 0) is 36.2 Å². The van der Waals surface area contributed by atoms with E-state index in [9.17, 15) is 19.5 Å². The Bertz CT molecular complexity index is 1140. The van der Waals surface area contributed by atoms with Crippen LogP contribution in [0, 0.1) is 6.92 Å². The lowest BCUT2D eigenvalue weighted by atomic mass is 10.0. The standard InChI is InChI=1S/C22H21N3O5/c1-13-6-7-19-18(8-13)25(12-21(27)30-19)11-20(26)24-17(22(28)29)9-14-10-23-16-5-3-2-4-15(14)16/h2-8,10,17,23H,9,11-12H2,1H3,(H,24,26)(H,28,29). The molecule has 30 heavy (non-hydrogen) atoms. The number of carboxylic acid groups (broad SMARTS) is 1. The summed E-state index contributed by atoms with van der Waals surface area (Å²) in [5, 5.41) is 13.1. The first kappa shape index (κ1) is 19.5. The summed E-state index contributed by atoms with van der Waals surface area (Å²) in [7, 11) is 0. The fraction of sp³-hybridized carbons (Fsp3) is 0.227. The number of carbonyl (C=O) groups excluding carboxylic acids is 2. The number of rotatable bonds is 6. The summed E-state index contributed by atoms with van der Waals surface area (Å²) < 4.78 is 5.22. The molecule has 1 unspecified atom stereocenters. The van der Waals surface area contributed by atoms with Crippen molar-refractivity contribution in [3.05, 3.63) is 59.8 Å². The quantitative estimate of drug-likeness (QED) is 0.426. The number of aromatic nitrogens is 1. The summed E-state index contributed by atoms with van der Waals surface area (Å²) in [6, 6.07) is 11.8. The summed E-state index contributed by atoms with van der Waals surface area (Å²) in [6.45, 7) is 1.67. The monoisotopic (exact) mass is 407 g/mol. The minimum Gasteiger partial charge on any atom is -0.480 e. The van der Waals surface area contributed by atoms with E-state index in [2.05, 4.69) is 10.3 Å².